The summed E-state index contributed by atoms with van der Waals surface area (Å²) in [5.41, 5.74) is 3.56. The summed E-state index contributed by atoms with van der Waals surface area (Å²) in [5, 5.41) is 7.69. The summed E-state index contributed by atoms with van der Waals surface area (Å²) >= 11 is 0. The fourth-order valence-corrected chi connectivity index (χ4v) is 3.06. The van der Waals surface area contributed by atoms with Crippen LogP contribution in [0.15, 0.2) is 49.3 Å². The molecule has 156 valence electrons. The summed E-state index contributed by atoms with van der Waals surface area (Å²) < 4.78 is 9.68. The van der Waals surface area contributed by atoms with Crippen LogP contribution in [0, 0.1) is 0 Å². The summed E-state index contributed by atoms with van der Waals surface area (Å²) in [6.45, 7) is 7.43. The Labute approximate surface area is 175 Å². The van der Waals surface area contributed by atoms with E-state index in [4.69, 9.17) is 4.74 Å². The Hall–Kier alpha value is -3.46. The minimum Gasteiger partial charge on any atom is -0.476 e. The van der Waals surface area contributed by atoms with Gasteiger partial charge in [0.25, 0.3) is 0 Å². The molecule has 1 N–H and O–H groups in total. The van der Waals surface area contributed by atoms with Crippen molar-refractivity contribution < 1.29 is 4.74 Å². The molecule has 4 aromatic heterocycles. The normalized spacial score (nSPS) is 11.3. The third kappa shape index (κ3) is 4.25. The van der Waals surface area contributed by atoms with Crippen molar-refractivity contribution >= 4 is 17.2 Å². The molecule has 9 nitrogen and oxygen atoms in total. The molecule has 0 unspecified atom stereocenters. The Kier molecular flexibility index (Phi) is 5.89. The number of pyridine rings is 1. The highest BCUT2D eigenvalue weighted by atomic mass is 16.5. The van der Waals surface area contributed by atoms with Crippen LogP contribution in [0.5, 0.6) is 5.88 Å². The van der Waals surface area contributed by atoms with Gasteiger partial charge in [0.1, 0.15) is 6.61 Å². The molecule has 0 bridgehead atoms. The number of likely N-dealkylation sites (N-methyl/N-ethyl adjacent to an activating group) is 1. The van der Waals surface area contributed by atoms with Gasteiger partial charge in [-0.05, 0) is 26.6 Å². The number of nitrogens with one attached hydrogen (secondary N) is 1. The molecule has 30 heavy (non-hydrogen) atoms. The van der Waals surface area contributed by atoms with Crippen LogP contribution < -0.4 is 10.1 Å². The quantitative estimate of drug-likeness (QED) is 0.457. The fourth-order valence-electron chi connectivity index (χ4n) is 3.06. The van der Waals surface area contributed by atoms with E-state index in [0.29, 0.717) is 18.3 Å². The Morgan fingerprint density at radius 2 is 2.03 bits per heavy atom. The molecule has 4 heterocycles. The molecule has 4 aromatic rings. The lowest BCUT2D eigenvalue weighted by molar-refractivity contribution is 0.237. The summed E-state index contributed by atoms with van der Waals surface area (Å²) in [6.07, 6.45) is 11.1. The van der Waals surface area contributed by atoms with Crippen molar-refractivity contribution in [3.63, 3.8) is 0 Å². The average Bonchev–Trinajstić information content (AvgIpc) is 3.41. The second kappa shape index (κ2) is 8.91. The molecule has 4 rings (SSSR count). The zero-order valence-corrected chi connectivity index (χ0v) is 17.5. The van der Waals surface area contributed by atoms with Gasteiger partial charge in [0.2, 0.25) is 5.88 Å². The number of imidazole rings is 1. The summed E-state index contributed by atoms with van der Waals surface area (Å²) in [5.74, 6) is 1.24. The predicted molar refractivity (Wildman–Crippen MR) is 116 cm³/mol. The van der Waals surface area contributed by atoms with Gasteiger partial charge < -0.3 is 15.0 Å². The molecule has 0 amide bonds. The number of aryl methyl sites for hydroxylation is 1. The number of fused-ring (bicyclic) bond motifs is 1. The van der Waals surface area contributed by atoms with Crippen LogP contribution in [-0.4, -0.2) is 60.8 Å². The maximum Gasteiger partial charge on any atom is 0.215 e. The number of aromatic nitrogens is 6. The third-order valence-electron chi connectivity index (χ3n) is 4.94. The first-order chi connectivity index (χ1) is 14.7. The minimum atomic E-state index is 0.576. The lowest BCUT2D eigenvalue weighted by Crippen LogP contribution is -2.23. The standard InChI is InChI=1S/C21H26N8O/c1-4-27(3)10-11-30-19-12-17(6-7-22-19)26-20-21-24-14-18(29(21)9-8-23-20)16-13-25-28(5-2)15-16/h6-9,12-15H,4-5,10-11H2,1-3H3,(H,22,23,26). The van der Waals surface area contributed by atoms with E-state index in [2.05, 4.69) is 51.2 Å². The lowest BCUT2D eigenvalue weighted by atomic mass is 10.3. The van der Waals surface area contributed by atoms with Crippen molar-refractivity contribution in [2.45, 2.75) is 20.4 Å². The van der Waals surface area contributed by atoms with Crippen molar-refractivity contribution in [2.24, 2.45) is 0 Å². The summed E-state index contributed by atoms with van der Waals surface area (Å²) in [7, 11) is 2.06. The monoisotopic (exact) mass is 406 g/mol. The Morgan fingerprint density at radius 3 is 2.83 bits per heavy atom. The lowest BCUT2D eigenvalue weighted by Gasteiger charge is -2.14. The van der Waals surface area contributed by atoms with E-state index in [1.54, 1.807) is 12.4 Å². The van der Waals surface area contributed by atoms with Crippen molar-refractivity contribution in [3.8, 4) is 17.1 Å². The van der Waals surface area contributed by atoms with Gasteiger partial charge >= 0.3 is 0 Å². The number of nitrogens with zero attached hydrogens (tertiary/aromatic N) is 7. The maximum atomic E-state index is 5.78. The number of rotatable bonds is 9. The van der Waals surface area contributed by atoms with E-state index < -0.39 is 0 Å². The smallest absolute Gasteiger partial charge is 0.215 e. The molecule has 0 spiro atoms. The van der Waals surface area contributed by atoms with Crippen LogP contribution in [-0.2, 0) is 6.54 Å². The molecule has 0 aliphatic rings. The molecule has 0 fully saturated rings. The van der Waals surface area contributed by atoms with Crippen LogP contribution in [0.1, 0.15) is 13.8 Å². The number of hydrogen-bond donors (Lipinski definition) is 1. The minimum absolute atomic E-state index is 0.576. The number of anilines is 2. The fraction of sp³-hybridized carbons (Fsp3) is 0.333. The molecular formula is C21H26N8O. The predicted octanol–water partition coefficient (Wildman–Crippen LogP) is 3.08. The Morgan fingerprint density at radius 1 is 1.13 bits per heavy atom. The first-order valence-electron chi connectivity index (χ1n) is 10.1. The molecule has 0 aliphatic carbocycles. The van der Waals surface area contributed by atoms with Gasteiger partial charge in [-0.1, -0.05) is 6.92 Å². The zero-order valence-electron chi connectivity index (χ0n) is 17.5. The third-order valence-corrected chi connectivity index (χ3v) is 4.94. The highest BCUT2D eigenvalue weighted by molar-refractivity contribution is 5.74. The van der Waals surface area contributed by atoms with E-state index in [1.807, 2.05) is 46.0 Å². The van der Waals surface area contributed by atoms with Gasteiger partial charge in [-0.15, -0.1) is 0 Å². The van der Waals surface area contributed by atoms with Gasteiger partial charge in [0, 0.05) is 55.2 Å². The van der Waals surface area contributed by atoms with Gasteiger partial charge in [-0.3, -0.25) is 9.08 Å². The van der Waals surface area contributed by atoms with Crippen molar-refractivity contribution in [2.75, 3.05) is 32.1 Å². The first-order valence-corrected chi connectivity index (χ1v) is 10.1. The molecule has 9 heteroatoms. The molecule has 0 radical (unpaired) electrons. The van der Waals surface area contributed by atoms with E-state index in [9.17, 15) is 0 Å². The molecule has 0 saturated heterocycles. The van der Waals surface area contributed by atoms with Crippen LogP contribution in [0.25, 0.3) is 16.9 Å². The average molecular weight is 406 g/mol. The summed E-state index contributed by atoms with van der Waals surface area (Å²) in [4.78, 5) is 15.5. The number of ether oxygens (including phenoxy) is 1. The van der Waals surface area contributed by atoms with Crippen molar-refractivity contribution in [1.82, 2.24) is 34.0 Å². The molecule has 0 atom stereocenters. The van der Waals surface area contributed by atoms with Gasteiger partial charge in [-0.25, -0.2) is 15.0 Å². The van der Waals surface area contributed by atoms with E-state index in [0.717, 1.165) is 42.2 Å². The SMILES string of the molecule is CCN(C)CCOc1cc(Nc2nccn3c(-c4cnn(CC)c4)cnc23)ccn1. The second-order valence-electron chi connectivity index (χ2n) is 6.95. The van der Waals surface area contributed by atoms with Gasteiger partial charge in [-0.2, -0.15) is 5.10 Å². The first kappa shape index (κ1) is 19.8. The summed E-state index contributed by atoms with van der Waals surface area (Å²) in [6, 6.07) is 3.75. The van der Waals surface area contributed by atoms with Crippen LogP contribution in [0.3, 0.4) is 0 Å². The Bertz CT molecular complexity index is 1120. The highest BCUT2D eigenvalue weighted by Gasteiger charge is 2.12. The molecular weight excluding hydrogens is 380 g/mol. The largest absolute Gasteiger partial charge is 0.476 e. The van der Waals surface area contributed by atoms with Gasteiger partial charge in [0.05, 0.1) is 18.1 Å². The second-order valence-corrected chi connectivity index (χ2v) is 6.95. The van der Waals surface area contributed by atoms with Crippen LogP contribution >= 0.6 is 0 Å². The van der Waals surface area contributed by atoms with E-state index in [1.165, 1.54) is 0 Å². The van der Waals surface area contributed by atoms with Crippen molar-refractivity contribution in [3.05, 3.63) is 49.3 Å². The van der Waals surface area contributed by atoms with Crippen LogP contribution in [0.2, 0.25) is 0 Å². The van der Waals surface area contributed by atoms with Gasteiger partial charge in [0.15, 0.2) is 11.5 Å². The highest BCUT2D eigenvalue weighted by Crippen LogP contribution is 2.25. The topological polar surface area (TPSA) is 85.4 Å². The maximum absolute atomic E-state index is 5.78. The Balaban J connectivity index is 1.54. The van der Waals surface area contributed by atoms with E-state index >= 15 is 0 Å². The van der Waals surface area contributed by atoms with Crippen molar-refractivity contribution in [1.29, 1.82) is 0 Å². The number of hydrogen-bond acceptors (Lipinski definition) is 7. The van der Waals surface area contributed by atoms with E-state index in [-0.39, 0.29) is 0 Å². The van der Waals surface area contributed by atoms with Crippen LogP contribution in [0.4, 0.5) is 11.5 Å². The molecule has 0 aromatic carbocycles. The molecule has 0 aliphatic heterocycles. The molecule has 0 saturated carbocycles. The zero-order chi connectivity index (χ0) is 20.9.